The van der Waals surface area contributed by atoms with Gasteiger partial charge in [-0.1, -0.05) is 47.6 Å². The van der Waals surface area contributed by atoms with E-state index in [1.165, 1.54) is 0 Å². The molecule has 7 nitrogen and oxygen atoms in total. The number of carbonyl (C=O) groups excluding carboxylic acids is 1. The van der Waals surface area contributed by atoms with E-state index in [0.717, 1.165) is 30.4 Å². The highest BCUT2D eigenvalue weighted by atomic mass is 16.5. The monoisotopic (exact) mass is 392 g/mol. The van der Waals surface area contributed by atoms with Gasteiger partial charge in [0.1, 0.15) is 11.8 Å². The molecule has 2 atom stereocenters. The van der Waals surface area contributed by atoms with Gasteiger partial charge < -0.3 is 20.3 Å². The quantitative estimate of drug-likeness (QED) is 0.691. The number of aromatic nitrogens is 2. The van der Waals surface area contributed by atoms with Gasteiger partial charge in [0.15, 0.2) is 0 Å². The topological polar surface area (TPSA) is 105 Å². The lowest BCUT2D eigenvalue weighted by Gasteiger charge is -2.35. The van der Waals surface area contributed by atoms with Crippen molar-refractivity contribution in [3.05, 3.63) is 66.1 Å². The lowest BCUT2D eigenvalue weighted by Crippen LogP contribution is -2.48. The molecule has 0 saturated carbocycles. The molecule has 7 heteroatoms. The molecule has 1 amide bonds. The van der Waals surface area contributed by atoms with Crippen LogP contribution in [0.4, 0.5) is 0 Å². The first-order valence-electron chi connectivity index (χ1n) is 9.85. The van der Waals surface area contributed by atoms with Crippen LogP contribution in [-0.4, -0.2) is 38.6 Å². The summed E-state index contributed by atoms with van der Waals surface area (Å²) in [7, 11) is 0. The smallest absolute Gasteiger partial charge is 0.249 e. The van der Waals surface area contributed by atoms with Crippen LogP contribution in [-0.2, 0) is 11.2 Å². The Hall–Kier alpha value is -3.19. The third-order valence-corrected chi connectivity index (χ3v) is 5.25. The highest BCUT2D eigenvalue weighted by molar-refractivity contribution is 5.82. The van der Waals surface area contributed by atoms with Crippen molar-refractivity contribution in [3.8, 4) is 17.1 Å². The summed E-state index contributed by atoms with van der Waals surface area (Å²) in [5.74, 6) is 1.04. The van der Waals surface area contributed by atoms with E-state index in [4.69, 9.17) is 10.3 Å². The second kappa shape index (κ2) is 8.45. The van der Waals surface area contributed by atoms with Gasteiger partial charge >= 0.3 is 0 Å². The van der Waals surface area contributed by atoms with Crippen LogP contribution in [0.1, 0.15) is 36.8 Å². The number of piperidine rings is 1. The summed E-state index contributed by atoms with van der Waals surface area (Å²) in [4.78, 5) is 19.4. The molecule has 2 heterocycles. The molecular weight excluding hydrogens is 368 g/mol. The number of rotatable bonds is 5. The van der Waals surface area contributed by atoms with Crippen molar-refractivity contribution >= 4 is 5.91 Å². The SMILES string of the molecule is N[C@@H](Cc1ccc(O)cc1)C(=O)N1CCCC[C@H]1c1nc(-c2ccccc2)no1. The number of phenolic OH excluding ortho intramolecular Hbond substituents is 1. The van der Waals surface area contributed by atoms with E-state index in [0.29, 0.717) is 24.7 Å². The van der Waals surface area contributed by atoms with Crippen molar-refractivity contribution in [2.24, 2.45) is 5.73 Å². The molecule has 0 spiro atoms. The van der Waals surface area contributed by atoms with Gasteiger partial charge in [-0.2, -0.15) is 4.98 Å². The molecule has 1 aromatic heterocycles. The summed E-state index contributed by atoms with van der Waals surface area (Å²) in [6.07, 6.45) is 3.09. The minimum absolute atomic E-state index is 0.123. The lowest BCUT2D eigenvalue weighted by molar-refractivity contribution is -0.137. The fourth-order valence-electron chi connectivity index (χ4n) is 3.71. The molecule has 1 fully saturated rings. The van der Waals surface area contributed by atoms with Crippen LogP contribution in [0.15, 0.2) is 59.1 Å². The molecule has 1 saturated heterocycles. The van der Waals surface area contributed by atoms with Crippen LogP contribution in [0.2, 0.25) is 0 Å². The zero-order valence-corrected chi connectivity index (χ0v) is 16.1. The van der Waals surface area contributed by atoms with E-state index in [9.17, 15) is 9.90 Å². The zero-order chi connectivity index (χ0) is 20.2. The van der Waals surface area contributed by atoms with Crippen LogP contribution < -0.4 is 5.73 Å². The number of amides is 1. The maximum absolute atomic E-state index is 13.1. The fourth-order valence-corrected chi connectivity index (χ4v) is 3.71. The average molecular weight is 392 g/mol. The second-order valence-electron chi connectivity index (χ2n) is 7.34. The first-order chi connectivity index (χ1) is 14.1. The first-order valence-corrected chi connectivity index (χ1v) is 9.85. The predicted octanol–water partition coefficient (Wildman–Crippen LogP) is 3.07. The van der Waals surface area contributed by atoms with Crippen molar-refractivity contribution in [2.45, 2.75) is 37.8 Å². The van der Waals surface area contributed by atoms with Crippen molar-refractivity contribution in [3.63, 3.8) is 0 Å². The molecule has 150 valence electrons. The van der Waals surface area contributed by atoms with E-state index < -0.39 is 6.04 Å². The van der Waals surface area contributed by atoms with Crippen LogP contribution in [0.3, 0.4) is 0 Å². The Morgan fingerprint density at radius 1 is 1.17 bits per heavy atom. The average Bonchev–Trinajstić information content (AvgIpc) is 3.25. The van der Waals surface area contributed by atoms with E-state index in [1.807, 2.05) is 30.3 Å². The maximum Gasteiger partial charge on any atom is 0.249 e. The number of benzene rings is 2. The lowest BCUT2D eigenvalue weighted by atomic mass is 9.99. The van der Waals surface area contributed by atoms with E-state index in [2.05, 4.69) is 10.1 Å². The summed E-state index contributed by atoms with van der Waals surface area (Å²) in [6.45, 7) is 0.621. The largest absolute Gasteiger partial charge is 0.508 e. The van der Waals surface area contributed by atoms with E-state index in [-0.39, 0.29) is 17.7 Å². The molecule has 0 radical (unpaired) electrons. The van der Waals surface area contributed by atoms with E-state index >= 15 is 0 Å². The molecule has 29 heavy (non-hydrogen) atoms. The van der Waals surface area contributed by atoms with Crippen LogP contribution in [0.25, 0.3) is 11.4 Å². The summed E-state index contributed by atoms with van der Waals surface area (Å²) < 4.78 is 5.53. The van der Waals surface area contributed by atoms with Gasteiger partial charge in [0.2, 0.25) is 17.6 Å². The number of likely N-dealkylation sites (tertiary alicyclic amines) is 1. The number of nitrogens with two attached hydrogens (primary N) is 1. The Balaban J connectivity index is 1.50. The Morgan fingerprint density at radius 3 is 2.69 bits per heavy atom. The number of aromatic hydroxyl groups is 1. The molecular formula is C22H24N4O3. The maximum atomic E-state index is 13.1. The van der Waals surface area contributed by atoms with Gasteiger partial charge in [-0.05, 0) is 43.4 Å². The molecule has 0 bridgehead atoms. The Morgan fingerprint density at radius 2 is 1.93 bits per heavy atom. The third-order valence-electron chi connectivity index (χ3n) is 5.25. The minimum atomic E-state index is -0.670. The predicted molar refractivity (Wildman–Crippen MR) is 108 cm³/mol. The second-order valence-corrected chi connectivity index (χ2v) is 7.34. The molecule has 1 aliphatic heterocycles. The number of carbonyl (C=O) groups is 1. The van der Waals surface area contributed by atoms with Gasteiger partial charge in [-0.25, -0.2) is 0 Å². The van der Waals surface area contributed by atoms with Crippen LogP contribution in [0, 0.1) is 0 Å². The van der Waals surface area contributed by atoms with Crippen LogP contribution in [0.5, 0.6) is 5.75 Å². The van der Waals surface area contributed by atoms with Crippen molar-refractivity contribution in [1.82, 2.24) is 15.0 Å². The van der Waals surface area contributed by atoms with Gasteiger partial charge in [0, 0.05) is 12.1 Å². The van der Waals surface area contributed by atoms with Gasteiger partial charge in [0.25, 0.3) is 0 Å². The van der Waals surface area contributed by atoms with Crippen molar-refractivity contribution in [2.75, 3.05) is 6.54 Å². The molecule has 2 aromatic carbocycles. The van der Waals surface area contributed by atoms with Gasteiger partial charge in [-0.3, -0.25) is 4.79 Å². The Labute approximate surface area is 169 Å². The summed E-state index contributed by atoms with van der Waals surface area (Å²) >= 11 is 0. The molecule has 0 unspecified atom stereocenters. The zero-order valence-electron chi connectivity index (χ0n) is 16.1. The fraction of sp³-hybridized carbons (Fsp3) is 0.318. The minimum Gasteiger partial charge on any atom is -0.508 e. The molecule has 0 aliphatic carbocycles. The normalized spacial score (nSPS) is 17.8. The first kappa shape index (κ1) is 19.1. The highest BCUT2D eigenvalue weighted by Gasteiger charge is 2.34. The van der Waals surface area contributed by atoms with Crippen molar-refractivity contribution < 1.29 is 14.4 Å². The molecule has 3 N–H and O–H groups in total. The molecule has 3 aromatic rings. The van der Waals surface area contributed by atoms with Gasteiger partial charge in [-0.15, -0.1) is 0 Å². The summed E-state index contributed by atoms with van der Waals surface area (Å²) in [5, 5.41) is 13.5. The van der Waals surface area contributed by atoms with Crippen molar-refractivity contribution in [1.29, 1.82) is 0 Å². The van der Waals surface area contributed by atoms with Gasteiger partial charge in [0.05, 0.1) is 6.04 Å². The summed E-state index contributed by atoms with van der Waals surface area (Å²) in [6, 6.07) is 15.4. The Bertz CT molecular complexity index is 956. The van der Waals surface area contributed by atoms with E-state index in [1.54, 1.807) is 29.2 Å². The molecule has 1 aliphatic rings. The molecule has 4 rings (SSSR count). The number of hydrogen-bond acceptors (Lipinski definition) is 6. The van der Waals surface area contributed by atoms with Crippen LogP contribution >= 0.6 is 0 Å². The number of hydrogen-bond donors (Lipinski definition) is 2. The Kier molecular flexibility index (Phi) is 5.57. The number of nitrogens with zero attached hydrogens (tertiary/aromatic N) is 3. The number of phenols is 1. The highest BCUT2D eigenvalue weighted by Crippen LogP contribution is 2.31. The summed E-state index contributed by atoms with van der Waals surface area (Å²) in [5.41, 5.74) is 8.01. The standard InChI is InChI=1S/C22H24N4O3/c23-18(14-15-9-11-17(27)12-10-15)22(28)26-13-5-4-8-19(26)21-24-20(25-29-21)16-6-2-1-3-7-16/h1-3,6-7,9-12,18-19,27H,4-5,8,13-14,23H2/t18-,19-/m0/s1. The third kappa shape index (κ3) is 4.30.